The molecule has 0 unspecified atom stereocenters. The van der Waals surface area contributed by atoms with Crippen molar-refractivity contribution in [3.63, 3.8) is 0 Å². The Bertz CT molecular complexity index is 1680. The number of nitrogens with zero attached hydrogens (tertiary/aromatic N) is 2. The Kier molecular flexibility index (Phi) is 5.34. The number of urea groups is 1. The molecule has 0 aliphatic carbocycles. The summed E-state index contributed by atoms with van der Waals surface area (Å²) < 4.78 is 16.2. The van der Waals surface area contributed by atoms with Gasteiger partial charge in [-0.05, 0) is 40.6 Å². The minimum absolute atomic E-state index is 0.127. The molecule has 36 heavy (non-hydrogen) atoms. The van der Waals surface area contributed by atoms with Crippen LogP contribution >= 0.6 is 0 Å². The molecule has 5 aromatic rings. The molecule has 0 bridgehead atoms. The third-order valence-corrected chi connectivity index (χ3v) is 6.53. The smallest absolute Gasteiger partial charge is 0.329 e. The Morgan fingerprint density at radius 3 is 2.42 bits per heavy atom. The van der Waals surface area contributed by atoms with E-state index in [0.29, 0.717) is 6.54 Å². The van der Waals surface area contributed by atoms with E-state index in [1.54, 1.807) is 24.3 Å². The van der Waals surface area contributed by atoms with Gasteiger partial charge in [0, 0.05) is 34.8 Å². The number of hydrogen-bond acceptors (Lipinski definition) is 2. The number of benzene rings is 4. The zero-order valence-electron chi connectivity index (χ0n) is 19.3. The Morgan fingerprint density at radius 2 is 1.56 bits per heavy atom. The summed E-state index contributed by atoms with van der Waals surface area (Å²) in [5.41, 5.74) is 3.47. The Morgan fingerprint density at radius 1 is 0.806 bits per heavy atom. The van der Waals surface area contributed by atoms with Crippen LogP contribution in [-0.4, -0.2) is 21.4 Å². The lowest BCUT2D eigenvalue weighted by Crippen LogP contribution is -2.30. The summed E-state index contributed by atoms with van der Waals surface area (Å²) in [4.78, 5) is 26.6. The van der Waals surface area contributed by atoms with Gasteiger partial charge in [-0.3, -0.25) is 9.69 Å². The number of fused-ring (bicyclic) bond motifs is 2. The van der Waals surface area contributed by atoms with E-state index in [1.807, 2.05) is 42.6 Å². The van der Waals surface area contributed by atoms with E-state index >= 15 is 0 Å². The predicted molar refractivity (Wildman–Crippen MR) is 138 cm³/mol. The first-order valence-corrected chi connectivity index (χ1v) is 11.7. The highest BCUT2D eigenvalue weighted by atomic mass is 19.1. The average Bonchev–Trinajstić information content (AvgIpc) is 3.37. The monoisotopic (exact) mass is 475 g/mol. The third kappa shape index (κ3) is 3.92. The van der Waals surface area contributed by atoms with E-state index in [2.05, 4.69) is 40.2 Å². The van der Waals surface area contributed by atoms with Crippen molar-refractivity contribution in [3.05, 3.63) is 125 Å². The van der Waals surface area contributed by atoms with Gasteiger partial charge in [0.2, 0.25) is 0 Å². The van der Waals surface area contributed by atoms with Gasteiger partial charge in [-0.25, -0.2) is 9.18 Å². The Labute approximate surface area is 207 Å². The lowest BCUT2D eigenvalue weighted by molar-refractivity contribution is -0.123. The fraction of sp³-hybridized carbons (Fsp3) is 0.0667. The molecule has 5 nitrogen and oxygen atoms in total. The van der Waals surface area contributed by atoms with Crippen LogP contribution in [0.25, 0.3) is 27.8 Å². The van der Waals surface area contributed by atoms with Crippen molar-refractivity contribution in [1.82, 2.24) is 14.8 Å². The topological polar surface area (TPSA) is 54.3 Å². The summed E-state index contributed by atoms with van der Waals surface area (Å²) in [7, 11) is 0. The van der Waals surface area contributed by atoms with Crippen LogP contribution in [0.15, 0.2) is 103 Å². The van der Waals surface area contributed by atoms with Crippen molar-refractivity contribution in [2.75, 3.05) is 0 Å². The summed E-state index contributed by atoms with van der Waals surface area (Å²) in [6.45, 7) is 0.534. The fourth-order valence-electron chi connectivity index (χ4n) is 4.72. The van der Waals surface area contributed by atoms with Crippen molar-refractivity contribution in [3.8, 4) is 0 Å². The highest BCUT2D eigenvalue weighted by Crippen LogP contribution is 2.27. The molecule has 0 atom stereocenters. The largest absolute Gasteiger partial charge is 0.342 e. The lowest BCUT2D eigenvalue weighted by atomic mass is 10.1. The summed E-state index contributed by atoms with van der Waals surface area (Å²) in [5.74, 6) is -0.929. The molecule has 0 radical (unpaired) electrons. The number of imide groups is 1. The number of halogens is 1. The van der Waals surface area contributed by atoms with Crippen molar-refractivity contribution in [1.29, 1.82) is 0 Å². The fourth-order valence-corrected chi connectivity index (χ4v) is 4.72. The van der Waals surface area contributed by atoms with Crippen LogP contribution in [-0.2, 0) is 17.9 Å². The van der Waals surface area contributed by atoms with E-state index in [9.17, 15) is 14.0 Å². The second-order valence-corrected chi connectivity index (χ2v) is 8.88. The Balaban J connectivity index is 1.32. The van der Waals surface area contributed by atoms with Gasteiger partial charge >= 0.3 is 6.03 Å². The number of aromatic nitrogens is 1. The van der Waals surface area contributed by atoms with Crippen molar-refractivity contribution in [2.24, 2.45) is 0 Å². The number of rotatable bonds is 5. The molecule has 2 heterocycles. The standard InChI is InChI=1S/C30H22FN3O2/c31-26-11-5-3-9-23(26)19-34-29(35)27(32-30(34)36)16-24-18-33(28-12-6-4-10-25(24)28)17-20-13-14-21-7-1-2-8-22(21)15-20/h1-16,18H,17,19H2,(H,32,36)/b27-16+. The molecule has 0 saturated carbocycles. The molecular weight excluding hydrogens is 453 g/mol. The van der Waals surface area contributed by atoms with Gasteiger partial charge in [0.1, 0.15) is 11.5 Å². The molecular formula is C30H22FN3O2. The van der Waals surface area contributed by atoms with Crippen LogP contribution < -0.4 is 5.32 Å². The summed E-state index contributed by atoms with van der Waals surface area (Å²) in [6.07, 6.45) is 3.69. The molecule has 1 saturated heterocycles. The van der Waals surface area contributed by atoms with Gasteiger partial charge < -0.3 is 9.88 Å². The van der Waals surface area contributed by atoms with Crippen molar-refractivity contribution < 1.29 is 14.0 Å². The quantitative estimate of drug-likeness (QED) is 0.248. The number of nitrogens with one attached hydrogen (secondary N) is 1. The minimum Gasteiger partial charge on any atom is -0.342 e. The van der Waals surface area contributed by atoms with E-state index in [-0.39, 0.29) is 17.8 Å². The SMILES string of the molecule is O=C1N/C(=C/c2cn(Cc3ccc4ccccc4c3)c3ccccc23)C(=O)N1Cc1ccccc1F. The van der Waals surface area contributed by atoms with Crippen LogP contribution in [0.4, 0.5) is 9.18 Å². The number of hydrogen-bond donors (Lipinski definition) is 1. The van der Waals surface area contributed by atoms with Gasteiger partial charge in [0.25, 0.3) is 5.91 Å². The van der Waals surface area contributed by atoms with E-state index in [0.717, 1.165) is 26.9 Å². The first-order valence-electron chi connectivity index (χ1n) is 11.7. The second-order valence-electron chi connectivity index (χ2n) is 8.88. The van der Waals surface area contributed by atoms with Gasteiger partial charge in [-0.15, -0.1) is 0 Å². The highest BCUT2D eigenvalue weighted by molar-refractivity contribution is 6.14. The van der Waals surface area contributed by atoms with Crippen LogP contribution in [0.2, 0.25) is 0 Å². The summed E-state index contributed by atoms with van der Waals surface area (Å²) in [6, 6.07) is 28.2. The molecule has 1 aromatic heterocycles. The maximum atomic E-state index is 14.1. The van der Waals surface area contributed by atoms with E-state index < -0.39 is 17.8 Å². The third-order valence-electron chi connectivity index (χ3n) is 6.53. The van der Waals surface area contributed by atoms with Crippen LogP contribution in [0.1, 0.15) is 16.7 Å². The molecule has 176 valence electrons. The van der Waals surface area contributed by atoms with Gasteiger partial charge in [-0.2, -0.15) is 0 Å². The maximum Gasteiger partial charge on any atom is 0.329 e. The number of carbonyl (C=O) groups excluding carboxylic acids is 2. The molecule has 4 aromatic carbocycles. The van der Waals surface area contributed by atoms with Crippen molar-refractivity contribution in [2.45, 2.75) is 13.1 Å². The molecule has 3 amide bonds. The van der Waals surface area contributed by atoms with Crippen LogP contribution in [0.5, 0.6) is 0 Å². The first-order chi connectivity index (χ1) is 17.6. The molecule has 6 rings (SSSR count). The molecule has 6 heteroatoms. The zero-order valence-corrected chi connectivity index (χ0v) is 19.3. The molecule has 1 N–H and O–H groups in total. The van der Waals surface area contributed by atoms with Gasteiger partial charge in [0.15, 0.2) is 0 Å². The second kappa shape index (κ2) is 8.82. The summed E-state index contributed by atoms with van der Waals surface area (Å²) in [5, 5.41) is 6.00. The lowest BCUT2D eigenvalue weighted by Gasteiger charge is -2.12. The summed E-state index contributed by atoms with van der Waals surface area (Å²) >= 11 is 0. The zero-order chi connectivity index (χ0) is 24.6. The highest BCUT2D eigenvalue weighted by Gasteiger charge is 2.34. The average molecular weight is 476 g/mol. The van der Waals surface area contributed by atoms with Crippen LogP contribution in [0.3, 0.4) is 0 Å². The van der Waals surface area contributed by atoms with E-state index in [4.69, 9.17) is 0 Å². The maximum absolute atomic E-state index is 14.1. The van der Waals surface area contributed by atoms with Gasteiger partial charge in [0.05, 0.1) is 6.54 Å². The number of para-hydroxylation sites is 1. The van der Waals surface area contributed by atoms with Crippen LogP contribution in [0, 0.1) is 5.82 Å². The molecule has 0 spiro atoms. The normalized spacial score (nSPS) is 14.8. The van der Waals surface area contributed by atoms with Gasteiger partial charge in [-0.1, -0.05) is 72.8 Å². The predicted octanol–water partition coefficient (Wildman–Crippen LogP) is 6.07. The van der Waals surface area contributed by atoms with E-state index in [1.165, 1.54) is 16.8 Å². The molecule has 1 aliphatic heterocycles. The first kappa shape index (κ1) is 21.8. The van der Waals surface area contributed by atoms with Crippen molar-refractivity contribution >= 4 is 39.7 Å². The number of carbonyl (C=O) groups is 2. The Hall–Kier alpha value is -4.71. The minimum atomic E-state index is -0.561. The molecule has 1 aliphatic rings. The molecule has 1 fully saturated rings. The number of amides is 3.